The lowest BCUT2D eigenvalue weighted by Gasteiger charge is -2.19. The van der Waals surface area contributed by atoms with E-state index in [1.165, 1.54) is 23.1 Å². The molecule has 0 unspecified atom stereocenters. The van der Waals surface area contributed by atoms with E-state index in [0.29, 0.717) is 10.7 Å². The van der Waals surface area contributed by atoms with E-state index < -0.39 is 5.60 Å². The van der Waals surface area contributed by atoms with Crippen molar-refractivity contribution in [2.45, 2.75) is 38.0 Å². The van der Waals surface area contributed by atoms with Crippen molar-refractivity contribution in [1.29, 1.82) is 0 Å². The number of fused-ring (bicyclic) bond motifs is 1. The van der Waals surface area contributed by atoms with Crippen molar-refractivity contribution in [1.82, 2.24) is 9.38 Å². The molecule has 0 saturated carbocycles. The summed E-state index contributed by atoms with van der Waals surface area (Å²) in [5.41, 5.74) is 0.233. The molecule has 5 nitrogen and oxygen atoms in total. The largest absolute Gasteiger partial charge is 0.459 e. The Morgan fingerprint density at radius 1 is 1.58 bits per heavy atom. The van der Waals surface area contributed by atoms with Gasteiger partial charge in [-0.05, 0) is 20.8 Å². The molecule has 7 heteroatoms. The molecule has 104 valence electrons. The molecule has 0 aliphatic carbocycles. The van der Waals surface area contributed by atoms with Crippen molar-refractivity contribution >= 4 is 34.0 Å². The Hall–Kier alpha value is -1.05. The van der Waals surface area contributed by atoms with Gasteiger partial charge in [-0.25, -0.2) is 4.98 Å². The summed E-state index contributed by atoms with van der Waals surface area (Å²) in [5.74, 6) is -0.0903. The third kappa shape index (κ3) is 3.49. The van der Waals surface area contributed by atoms with Crippen LogP contribution >= 0.6 is 23.1 Å². The fourth-order valence-corrected chi connectivity index (χ4v) is 3.16. The number of aliphatic hydroxyl groups excluding tert-OH is 1. The lowest BCUT2D eigenvalue weighted by molar-refractivity contribution is -0.151. The number of carbonyl (C=O) groups excluding carboxylic acids is 1. The molecule has 0 spiro atoms. The molecule has 0 fully saturated rings. The highest BCUT2D eigenvalue weighted by Gasteiger charge is 2.18. The van der Waals surface area contributed by atoms with Gasteiger partial charge in [-0.3, -0.25) is 9.20 Å². The maximum Gasteiger partial charge on any atom is 0.316 e. The number of aliphatic hydroxyl groups is 1. The molecule has 0 atom stereocenters. The maximum atomic E-state index is 11.6. The van der Waals surface area contributed by atoms with Gasteiger partial charge in [0.05, 0.1) is 18.1 Å². The Bertz CT molecular complexity index is 583. The second kappa shape index (κ2) is 5.52. The van der Waals surface area contributed by atoms with E-state index >= 15 is 0 Å². The van der Waals surface area contributed by atoms with Crippen LogP contribution in [0.2, 0.25) is 0 Å². The molecule has 0 radical (unpaired) electrons. The summed E-state index contributed by atoms with van der Waals surface area (Å²) < 4.78 is 7.07. The minimum absolute atomic E-state index is 0.103. The van der Waals surface area contributed by atoms with Crippen LogP contribution in [-0.4, -0.2) is 31.8 Å². The molecule has 0 aliphatic heterocycles. The number of esters is 1. The molecule has 0 aromatic carbocycles. The minimum Gasteiger partial charge on any atom is -0.459 e. The SMILES string of the molecule is CC(C)(C)OC(=O)CSc1nc2sccn2c1CO. The maximum absolute atomic E-state index is 11.6. The second-order valence-corrected chi connectivity index (χ2v) is 6.79. The standard InChI is InChI=1S/C12H16N2O3S2/c1-12(2,3)17-9(16)7-19-10-8(6-15)14-4-5-18-11(14)13-10/h4-5,15H,6-7H2,1-3H3. The molecule has 0 bridgehead atoms. The van der Waals surface area contributed by atoms with Crippen molar-refractivity contribution < 1.29 is 14.6 Å². The zero-order valence-corrected chi connectivity index (χ0v) is 12.7. The lowest BCUT2D eigenvalue weighted by Crippen LogP contribution is -2.24. The van der Waals surface area contributed by atoms with Crippen LogP contribution in [0, 0.1) is 0 Å². The number of thioether (sulfide) groups is 1. The highest BCUT2D eigenvalue weighted by atomic mass is 32.2. The number of ether oxygens (including phenoxy) is 1. The van der Waals surface area contributed by atoms with Gasteiger partial charge in [-0.2, -0.15) is 0 Å². The number of rotatable bonds is 4. The third-order valence-electron chi connectivity index (χ3n) is 2.22. The van der Waals surface area contributed by atoms with Crippen molar-refractivity contribution in [3.8, 4) is 0 Å². The quantitative estimate of drug-likeness (QED) is 0.693. The van der Waals surface area contributed by atoms with Crippen LogP contribution in [0.4, 0.5) is 0 Å². The van der Waals surface area contributed by atoms with Crippen LogP contribution in [0.25, 0.3) is 4.96 Å². The molecule has 2 heterocycles. The van der Waals surface area contributed by atoms with Crippen molar-refractivity contribution in [3.63, 3.8) is 0 Å². The Balaban J connectivity index is 2.05. The van der Waals surface area contributed by atoms with Crippen molar-refractivity contribution in [2.24, 2.45) is 0 Å². The zero-order valence-electron chi connectivity index (χ0n) is 11.0. The van der Waals surface area contributed by atoms with Gasteiger partial charge in [0.1, 0.15) is 10.6 Å². The summed E-state index contributed by atoms with van der Waals surface area (Å²) >= 11 is 2.78. The molecule has 0 saturated heterocycles. The second-order valence-electron chi connectivity index (χ2n) is 4.95. The fourth-order valence-electron chi connectivity index (χ4n) is 1.57. The average Bonchev–Trinajstić information content (AvgIpc) is 2.82. The number of hydrogen-bond acceptors (Lipinski definition) is 6. The first-order valence-corrected chi connectivity index (χ1v) is 7.67. The van der Waals surface area contributed by atoms with Gasteiger partial charge in [0, 0.05) is 11.6 Å². The Kier molecular flexibility index (Phi) is 4.17. The predicted molar refractivity (Wildman–Crippen MR) is 75.6 cm³/mol. The van der Waals surface area contributed by atoms with Crippen LogP contribution in [0.5, 0.6) is 0 Å². The molecule has 2 rings (SSSR count). The van der Waals surface area contributed by atoms with Crippen molar-refractivity contribution in [3.05, 3.63) is 17.3 Å². The van der Waals surface area contributed by atoms with E-state index in [0.717, 1.165) is 4.96 Å². The van der Waals surface area contributed by atoms with E-state index in [1.54, 1.807) is 0 Å². The van der Waals surface area contributed by atoms with E-state index in [9.17, 15) is 9.90 Å². The normalized spacial score (nSPS) is 12.0. The number of nitrogens with zero attached hydrogens (tertiary/aromatic N) is 2. The van der Waals surface area contributed by atoms with Crippen LogP contribution < -0.4 is 0 Å². The number of imidazole rings is 1. The molecule has 0 amide bonds. The van der Waals surface area contributed by atoms with Gasteiger partial charge in [0.2, 0.25) is 0 Å². The van der Waals surface area contributed by atoms with Gasteiger partial charge >= 0.3 is 5.97 Å². The summed E-state index contributed by atoms with van der Waals surface area (Å²) in [7, 11) is 0. The average molecular weight is 300 g/mol. The number of aromatic nitrogens is 2. The minimum atomic E-state index is -0.480. The van der Waals surface area contributed by atoms with E-state index in [4.69, 9.17) is 4.74 Å². The predicted octanol–water partition coefficient (Wildman–Crippen LogP) is 2.32. The van der Waals surface area contributed by atoms with Gasteiger partial charge in [-0.15, -0.1) is 11.3 Å². The van der Waals surface area contributed by atoms with Crippen LogP contribution in [0.1, 0.15) is 26.5 Å². The van der Waals surface area contributed by atoms with Gasteiger partial charge in [0.25, 0.3) is 0 Å². The molecule has 2 aromatic rings. The van der Waals surface area contributed by atoms with E-state index in [2.05, 4.69) is 4.98 Å². The third-order valence-corrected chi connectivity index (χ3v) is 3.96. The van der Waals surface area contributed by atoms with E-state index in [1.807, 2.05) is 36.7 Å². The van der Waals surface area contributed by atoms with Gasteiger partial charge in [-0.1, -0.05) is 11.8 Å². The first kappa shape index (κ1) is 14.4. The van der Waals surface area contributed by atoms with Crippen LogP contribution in [0.3, 0.4) is 0 Å². The molecule has 2 aromatic heterocycles. The summed E-state index contributed by atoms with van der Waals surface area (Å²) in [6.07, 6.45) is 1.86. The summed E-state index contributed by atoms with van der Waals surface area (Å²) in [5, 5.41) is 12.0. The van der Waals surface area contributed by atoms with Crippen LogP contribution in [-0.2, 0) is 16.1 Å². The topological polar surface area (TPSA) is 63.8 Å². The number of thiazole rings is 1. The summed E-state index contributed by atoms with van der Waals surface area (Å²) in [6, 6.07) is 0. The zero-order chi connectivity index (χ0) is 14.0. The summed E-state index contributed by atoms with van der Waals surface area (Å²) in [4.78, 5) is 16.9. The molecular weight excluding hydrogens is 284 g/mol. The molecule has 19 heavy (non-hydrogen) atoms. The first-order chi connectivity index (χ1) is 8.90. The number of hydrogen-bond donors (Lipinski definition) is 1. The van der Waals surface area contributed by atoms with Gasteiger partial charge < -0.3 is 9.84 Å². The van der Waals surface area contributed by atoms with Gasteiger partial charge in [0.15, 0.2) is 4.96 Å². The Labute approximate surface area is 119 Å². The van der Waals surface area contributed by atoms with Crippen LogP contribution in [0.15, 0.2) is 16.6 Å². The first-order valence-electron chi connectivity index (χ1n) is 5.80. The van der Waals surface area contributed by atoms with E-state index in [-0.39, 0.29) is 18.3 Å². The fraction of sp³-hybridized carbons (Fsp3) is 0.500. The smallest absolute Gasteiger partial charge is 0.316 e. The lowest BCUT2D eigenvalue weighted by atomic mass is 10.2. The number of carbonyl (C=O) groups is 1. The monoisotopic (exact) mass is 300 g/mol. The highest BCUT2D eigenvalue weighted by molar-refractivity contribution is 7.99. The van der Waals surface area contributed by atoms with Crippen molar-refractivity contribution in [2.75, 3.05) is 5.75 Å². The molecule has 0 aliphatic rings. The Morgan fingerprint density at radius 2 is 2.32 bits per heavy atom. The summed E-state index contributed by atoms with van der Waals surface area (Å²) in [6.45, 7) is 5.40. The Morgan fingerprint density at radius 3 is 2.95 bits per heavy atom. The molecular formula is C12H16N2O3S2. The highest BCUT2D eigenvalue weighted by Crippen LogP contribution is 2.26. The molecule has 1 N–H and O–H groups in total.